The Balaban J connectivity index is 3.76. The lowest BCUT2D eigenvalue weighted by Crippen LogP contribution is -2.41. The molecule has 108 valence electrons. The van der Waals surface area contributed by atoms with E-state index in [0.717, 1.165) is 0 Å². The first-order valence-corrected chi connectivity index (χ1v) is 5.81. The van der Waals surface area contributed by atoms with E-state index in [4.69, 9.17) is 10.2 Å². The third kappa shape index (κ3) is 10.7. The molecule has 8 heteroatoms. The van der Waals surface area contributed by atoms with Crippen LogP contribution in [-0.2, 0) is 19.2 Å². The van der Waals surface area contributed by atoms with Crippen LogP contribution in [0.25, 0.3) is 0 Å². The summed E-state index contributed by atoms with van der Waals surface area (Å²) >= 11 is 0. The Morgan fingerprint density at radius 3 is 1.84 bits per heavy atom. The summed E-state index contributed by atoms with van der Waals surface area (Å²) < 4.78 is 0. The van der Waals surface area contributed by atoms with Crippen LogP contribution in [0.5, 0.6) is 0 Å². The number of nitrogens with one attached hydrogen (secondary N) is 2. The standard InChI is InChI=1S/C11H18N2O6/c1-7(13-9(15)3-5-11(18)19)6-12-8(14)2-4-10(16)17/h7H,2-6H2,1H3,(H,12,14)(H,13,15)(H,16,17)(H,18,19). The number of hydrogen-bond acceptors (Lipinski definition) is 4. The molecule has 0 saturated heterocycles. The maximum absolute atomic E-state index is 11.3. The van der Waals surface area contributed by atoms with E-state index in [1.165, 1.54) is 0 Å². The maximum Gasteiger partial charge on any atom is 0.303 e. The summed E-state index contributed by atoms with van der Waals surface area (Å²) in [4.78, 5) is 42.9. The minimum absolute atomic E-state index is 0.116. The smallest absolute Gasteiger partial charge is 0.303 e. The fourth-order valence-electron chi connectivity index (χ4n) is 1.19. The predicted octanol–water partition coefficient (Wildman–Crippen LogP) is -0.663. The van der Waals surface area contributed by atoms with Crippen molar-refractivity contribution >= 4 is 23.8 Å². The summed E-state index contributed by atoms with van der Waals surface area (Å²) in [5.41, 5.74) is 0. The van der Waals surface area contributed by atoms with Crippen LogP contribution in [0.4, 0.5) is 0 Å². The van der Waals surface area contributed by atoms with Gasteiger partial charge in [0, 0.05) is 25.4 Å². The summed E-state index contributed by atoms with van der Waals surface area (Å²) in [6.45, 7) is 1.81. The average Bonchev–Trinajstić information content (AvgIpc) is 2.31. The van der Waals surface area contributed by atoms with Crippen molar-refractivity contribution in [3.05, 3.63) is 0 Å². The van der Waals surface area contributed by atoms with Crippen LogP contribution in [-0.4, -0.2) is 46.6 Å². The Bertz CT molecular complexity index is 355. The number of carboxylic acid groups (broad SMARTS) is 2. The van der Waals surface area contributed by atoms with Gasteiger partial charge in [-0.2, -0.15) is 0 Å². The van der Waals surface area contributed by atoms with Crippen molar-refractivity contribution in [2.24, 2.45) is 0 Å². The van der Waals surface area contributed by atoms with E-state index in [2.05, 4.69) is 10.6 Å². The van der Waals surface area contributed by atoms with Gasteiger partial charge in [0.1, 0.15) is 0 Å². The number of carbonyl (C=O) groups is 4. The largest absolute Gasteiger partial charge is 0.481 e. The number of amides is 2. The summed E-state index contributed by atoms with van der Waals surface area (Å²) in [5, 5.41) is 21.8. The highest BCUT2D eigenvalue weighted by Crippen LogP contribution is 1.92. The van der Waals surface area contributed by atoms with Gasteiger partial charge < -0.3 is 20.8 Å². The molecule has 0 saturated carbocycles. The molecular weight excluding hydrogens is 256 g/mol. The van der Waals surface area contributed by atoms with Crippen molar-refractivity contribution in [3.63, 3.8) is 0 Å². The number of carboxylic acids is 2. The van der Waals surface area contributed by atoms with E-state index >= 15 is 0 Å². The molecular formula is C11H18N2O6. The van der Waals surface area contributed by atoms with Crippen LogP contribution in [0.2, 0.25) is 0 Å². The van der Waals surface area contributed by atoms with E-state index in [1.54, 1.807) is 6.92 Å². The number of aliphatic carboxylic acids is 2. The van der Waals surface area contributed by atoms with Crippen LogP contribution in [0.15, 0.2) is 0 Å². The summed E-state index contributed by atoms with van der Waals surface area (Å²) in [7, 11) is 0. The molecule has 0 aliphatic carbocycles. The molecule has 0 aliphatic heterocycles. The van der Waals surface area contributed by atoms with Crippen molar-refractivity contribution in [2.45, 2.75) is 38.6 Å². The zero-order valence-electron chi connectivity index (χ0n) is 10.6. The number of carbonyl (C=O) groups excluding carboxylic acids is 2. The molecule has 0 aromatic carbocycles. The predicted molar refractivity (Wildman–Crippen MR) is 64.4 cm³/mol. The molecule has 0 bridgehead atoms. The van der Waals surface area contributed by atoms with Gasteiger partial charge in [0.2, 0.25) is 11.8 Å². The summed E-state index contributed by atoms with van der Waals surface area (Å²) in [5.74, 6) is -2.92. The molecule has 0 rings (SSSR count). The van der Waals surface area contributed by atoms with Crippen LogP contribution < -0.4 is 10.6 Å². The van der Waals surface area contributed by atoms with Gasteiger partial charge in [-0.05, 0) is 6.92 Å². The van der Waals surface area contributed by atoms with E-state index in [9.17, 15) is 19.2 Å². The van der Waals surface area contributed by atoms with Gasteiger partial charge in [-0.25, -0.2) is 0 Å². The minimum Gasteiger partial charge on any atom is -0.481 e. The fraction of sp³-hybridized carbons (Fsp3) is 0.636. The Labute approximate surface area is 110 Å². The fourth-order valence-corrected chi connectivity index (χ4v) is 1.19. The van der Waals surface area contributed by atoms with Crippen LogP contribution in [0, 0.1) is 0 Å². The first-order chi connectivity index (χ1) is 8.81. The monoisotopic (exact) mass is 274 g/mol. The van der Waals surface area contributed by atoms with Gasteiger partial charge in [0.15, 0.2) is 0 Å². The molecule has 0 radical (unpaired) electrons. The minimum atomic E-state index is -1.05. The molecule has 0 heterocycles. The highest BCUT2D eigenvalue weighted by Gasteiger charge is 2.11. The second kappa shape index (κ2) is 8.90. The molecule has 8 nitrogen and oxygen atoms in total. The van der Waals surface area contributed by atoms with Crippen molar-refractivity contribution < 1.29 is 29.4 Å². The maximum atomic E-state index is 11.3. The summed E-state index contributed by atoms with van der Waals surface area (Å²) in [6.07, 6.45) is -0.726. The van der Waals surface area contributed by atoms with Crippen molar-refractivity contribution in [3.8, 4) is 0 Å². The van der Waals surface area contributed by atoms with E-state index in [1.807, 2.05) is 0 Å². The normalized spacial score (nSPS) is 11.4. The lowest BCUT2D eigenvalue weighted by Gasteiger charge is -2.14. The molecule has 0 spiro atoms. The molecule has 0 aliphatic rings. The van der Waals surface area contributed by atoms with Gasteiger partial charge in [-0.3, -0.25) is 19.2 Å². The van der Waals surface area contributed by atoms with E-state index in [0.29, 0.717) is 0 Å². The molecule has 4 N–H and O–H groups in total. The third-order valence-electron chi connectivity index (χ3n) is 2.14. The molecule has 1 unspecified atom stereocenters. The van der Waals surface area contributed by atoms with Gasteiger partial charge >= 0.3 is 11.9 Å². The highest BCUT2D eigenvalue weighted by atomic mass is 16.4. The quantitative estimate of drug-likeness (QED) is 0.441. The highest BCUT2D eigenvalue weighted by molar-refractivity contribution is 5.81. The molecule has 1 atom stereocenters. The van der Waals surface area contributed by atoms with Gasteiger partial charge in [-0.1, -0.05) is 0 Å². The SMILES string of the molecule is CC(CNC(=O)CCC(=O)O)NC(=O)CCC(=O)O. The van der Waals surface area contributed by atoms with Crippen LogP contribution >= 0.6 is 0 Å². The van der Waals surface area contributed by atoms with Crippen molar-refractivity contribution in [1.29, 1.82) is 0 Å². The zero-order chi connectivity index (χ0) is 14.8. The number of hydrogen-bond donors (Lipinski definition) is 4. The average molecular weight is 274 g/mol. The molecule has 0 fully saturated rings. The Hall–Kier alpha value is -2.12. The van der Waals surface area contributed by atoms with Crippen LogP contribution in [0.3, 0.4) is 0 Å². The lowest BCUT2D eigenvalue weighted by atomic mass is 10.2. The van der Waals surface area contributed by atoms with Gasteiger partial charge in [0.05, 0.1) is 12.8 Å². The Morgan fingerprint density at radius 1 is 0.895 bits per heavy atom. The molecule has 2 amide bonds. The molecule has 19 heavy (non-hydrogen) atoms. The Kier molecular flexibility index (Phi) is 7.90. The second-order valence-corrected chi connectivity index (χ2v) is 4.06. The van der Waals surface area contributed by atoms with Gasteiger partial charge in [0.25, 0.3) is 0 Å². The molecule has 0 aromatic heterocycles. The molecule has 0 aromatic rings. The van der Waals surface area contributed by atoms with Gasteiger partial charge in [-0.15, -0.1) is 0 Å². The zero-order valence-corrected chi connectivity index (χ0v) is 10.6. The van der Waals surface area contributed by atoms with Crippen molar-refractivity contribution in [2.75, 3.05) is 6.54 Å². The third-order valence-corrected chi connectivity index (χ3v) is 2.14. The first kappa shape index (κ1) is 16.9. The van der Waals surface area contributed by atoms with Crippen molar-refractivity contribution in [1.82, 2.24) is 10.6 Å². The topological polar surface area (TPSA) is 133 Å². The Morgan fingerprint density at radius 2 is 1.37 bits per heavy atom. The first-order valence-electron chi connectivity index (χ1n) is 5.81. The second-order valence-electron chi connectivity index (χ2n) is 4.06. The summed E-state index contributed by atoms with van der Waals surface area (Å²) in [6, 6.07) is -0.352. The van der Waals surface area contributed by atoms with E-state index in [-0.39, 0.29) is 38.3 Å². The van der Waals surface area contributed by atoms with Crippen LogP contribution in [0.1, 0.15) is 32.6 Å². The van der Waals surface area contributed by atoms with E-state index < -0.39 is 23.8 Å². The lowest BCUT2D eigenvalue weighted by molar-refractivity contribution is -0.139. The number of rotatable bonds is 9.